The summed E-state index contributed by atoms with van der Waals surface area (Å²) >= 11 is 6.18. The molecular formula is C19H16ClN3O2. The van der Waals surface area contributed by atoms with E-state index < -0.39 is 6.04 Å². The lowest BCUT2D eigenvalue weighted by atomic mass is 10.1. The number of fused-ring (bicyclic) bond motifs is 1. The first-order valence-corrected chi connectivity index (χ1v) is 8.40. The van der Waals surface area contributed by atoms with Crippen molar-refractivity contribution in [3.05, 3.63) is 58.9 Å². The summed E-state index contributed by atoms with van der Waals surface area (Å²) < 4.78 is 1.79. The van der Waals surface area contributed by atoms with Crippen molar-refractivity contribution in [1.29, 1.82) is 0 Å². The number of anilines is 1. The van der Waals surface area contributed by atoms with Crippen LogP contribution in [0.3, 0.4) is 0 Å². The van der Waals surface area contributed by atoms with E-state index in [2.05, 4.69) is 4.98 Å². The highest BCUT2D eigenvalue weighted by molar-refractivity contribution is 6.36. The van der Waals surface area contributed by atoms with Crippen LogP contribution in [0, 0.1) is 13.8 Å². The molecule has 1 aliphatic heterocycles. The van der Waals surface area contributed by atoms with Crippen LogP contribution in [0.1, 0.15) is 23.6 Å². The van der Waals surface area contributed by atoms with Gasteiger partial charge in [-0.15, -0.1) is 0 Å². The Morgan fingerprint density at radius 2 is 1.84 bits per heavy atom. The number of aromatic nitrogens is 2. The zero-order chi connectivity index (χ0) is 17.7. The molecule has 0 saturated carbocycles. The Morgan fingerprint density at radius 1 is 1.12 bits per heavy atom. The summed E-state index contributed by atoms with van der Waals surface area (Å²) in [5, 5.41) is 0.381. The van der Waals surface area contributed by atoms with Crippen molar-refractivity contribution in [2.75, 3.05) is 4.90 Å². The molecule has 3 aromatic rings. The van der Waals surface area contributed by atoms with Gasteiger partial charge in [-0.1, -0.05) is 23.7 Å². The smallest absolute Gasteiger partial charge is 0.257 e. The number of hydrogen-bond acceptors (Lipinski definition) is 3. The number of nitrogens with zero attached hydrogens (tertiary/aromatic N) is 3. The van der Waals surface area contributed by atoms with Crippen molar-refractivity contribution in [2.45, 2.75) is 26.3 Å². The summed E-state index contributed by atoms with van der Waals surface area (Å²) in [6.07, 6.45) is 1.73. The molecule has 4 rings (SSSR count). The fourth-order valence-electron chi connectivity index (χ4n) is 3.25. The van der Waals surface area contributed by atoms with E-state index in [9.17, 15) is 9.59 Å². The van der Waals surface area contributed by atoms with Crippen LogP contribution in [0.15, 0.2) is 42.7 Å². The van der Waals surface area contributed by atoms with Crippen LogP contribution in [0.4, 0.5) is 5.69 Å². The van der Waals surface area contributed by atoms with Crippen LogP contribution in [-0.4, -0.2) is 21.4 Å². The monoisotopic (exact) mass is 353 g/mol. The molecule has 126 valence electrons. The molecule has 5 nitrogen and oxygen atoms in total. The molecule has 6 heteroatoms. The number of carbonyl (C=O) groups is 2. The minimum atomic E-state index is -0.601. The SMILES string of the molecule is Cc1cc2ncn([C@H]3CC(=O)N(c4ccccc4Cl)C3=O)c2cc1C. The Kier molecular flexibility index (Phi) is 3.62. The van der Waals surface area contributed by atoms with Gasteiger partial charge in [0.25, 0.3) is 5.91 Å². The van der Waals surface area contributed by atoms with Crippen LogP contribution in [0.25, 0.3) is 11.0 Å². The first-order valence-electron chi connectivity index (χ1n) is 8.02. The predicted molar refractivity (Wildman–Crippen MR) is 96.8 cm³/mol. The number of imidazole rings is 1. The lowest BCUT2D eigenvalue weighted by Gasteiger charge is -2.17. The number of para-hydroxylation sites is 1. The van der Waals surface area contributed by atoms with Crippen molar-refractivity contribution in [2.24, 2.45) is 0 Å². The summed E-state index contributed by atoms with van der Waals surface area (Å²) in [6.45, 7) is 4.04. The van der Waals surface area contributed by atoms with Crippen molar-refractivity contribution >= 4 is 40.1 Å². The molecule has 1 fully saturated rings. The number of halogens is 1. The number of carbonyl (C=O) groups excluding carboxylic acids is 2. The van der Waals surface area contributed by atoms with Crippen LogP contribution >= 0.6 is 11.6 Å². The number of imide groups is 1. The first kappa shape index (κ1) is 15.8. The second kappa shape index (κ2) is 5.70. The zero-order valence-electron chi connectivity index (χ0n) is 13.9. The Hall–Kier alpha value is -2.66. The van der Waals surface area contributed by atoms with Gasteiger partial charge < -0.3 is 4.57 Å². The Morgan fingerprint density at radius 3 is 2.60 bits per heavy atom. The maximum Gasteiger partial charge on any atom is 0.257 e. The molecule has 2 aromatic carbocycles. The fourth-order valence-corrected chi connectivity index (χ4v) is 3.47. The molecule has 2 amide bonds. The van der Waals surface area contributed by atoms with E-state index in [1.807, 2.05) is 26.0 Å². The molecule has 0 radical (unpaired) electrons. The number of aryl methyl sites for hydroxylation is 2. The second-order valence-corrected chi connectivity index (χ2v) is 6.72. The van der Waals surface area contributed by atoms with Gasteiger partial charge in [-0.2, -0.15) is 0 Å². The fraction of sp³-hybridized carbons (Fsp3) is 0.211. The molecule has 25 heavy (non-hydrogen) atoms. The third kappa shape index (κ3) is 2.43. The first-order chi connectivity index (χ1) is 12.0. The molecule has 2 heterocycles. The predicted octanol–water partition coefficient (Wildman–Crippen LogP) is 3.81. The molecule has 1 aromatic heterocycles. The zero-order valence-corrected chi connectivity index (χ0v) is 14.6. The van der Waals surface area contributed by atoms with Gasteiger partial charge in [-0.25, -0.2) is 9.88 Å². The maximum atomic E-state index is 13.0. The topological polar surface area (TPSA) is 55.2 Å². The molecule has 1 aliphatic rings. The average Bonchev–Trinajstić information content (AvgIpc) is 3.09. The Bertz CT molecular complexity index is 1020. The van der Waals surface area contributed by atoms with Crippen LogP contribution in [0.5, 0.6) is 0 Å². The van der Waals surface area contributed by atoms with Crippen molar-refractivity contribution in [1.82, 2.24) is 9.55 Å². The lowest BCUT2D eigenvalue weighted by Crippen LogP contribution is -2.31. The van der Waals surface area contributed by atoms with E-state index in [1.165, 1.54) is 4.90 Å². The Balaban J connectivity index is 1.78. The van der Waals surface area contributed by atoms with Gasteiger partial charge >= 0.3 is 0 Å². The lowest BCUT2D eigenvalue weighted by molar-refractivity contribution is -0.122. The minimum Gasteiger partial charge on any atom is -0.317 e. The van der Waals surface area contributed by atoms with E-state index in [0.29, 0.717) is 10.7 Å². The van der Waals surface area contributed by atoms with Crippen molar-refractivity contribution in [3.63, 3.8) is 0 Å². The molecule has 0 aliphatic carbocycles. The molecule has 0 unspecified atom stereocenters. The number of amides is 2. The van der Waals surface area contributed by atoms with E-state index in [-0.39, 0.29) is 18.2 Å². The minimum absolute atomic E-state index is 0.0996. The summed E-state index contributed by atoms with van der Waals surface area (Å²) in [4.78, 5) is 31.0. The highest BCUT2D eigenvalue weighted by Crippen LogP contribution is 2.35. The summed E-state index contributed by atoms with van der Waals surface area (Å²) in [5.41, 5.74) is 4.37. The molecule has 1 saturated heterocycles. The van der Waals surface area contributed by atoms with E-state index >= 15 is 0 Å². The van der Waals surface area contributed by atoms with Gasteiger partial charge in [-0.05, 0) is 49.2 Å². The third-order valence-corrected chi connectivity index (χ3v) is 5.06. The van der Waals surface area contributed by atoms with Crippen molar-refractivity contribution in [3.8, 4) is 0 Å². The molecule has 0 N–H and O–H groups in total. The van der Waals surface area contributed by atoms with E-state index in [1.54, 1.807) is 35.2 Å². The van der Waals surface area contributed by atoms with Gasteiger partial charge in [-0.3, -0.25) is 9.59 Å². The molecular weight excluding hydrogens is 338 g/mol. The quantitative estimate of drug-likeness (QED) is 0.658. The van der Waals surface area contributed by atoms with Gasteiger partial charge in [0, 0.05) is 0 Å². The average molecular weight is 354 g/mol. The summed E-state index contributed by atoms with van der Waals surface area (Å²) in [6, 6.07) is 10.3. The van der Waals surface area contributed by atoms with Gasteiger partial charge in [0.15, 0.2) is 0 Å². The molecule has 1 atom stereocenters. The Labute approximate surface area is 149 Å². The normalized spacial score (nSPS) is 17.7. The van der Waals surface area contributed by atoms with Gasteiger partial charge in [0.05, 0.1) is 34.5 Å². The van der Waals surface area contributed by atoms with E-state index in [0.717, 1.165) is 22.2 Å². The second-order valence-electron chi connectivity index (χ2n) is 6.32. The largest absolute Gasteiger partial charge is 0.317 e. The molecule has 0 bridgehead atoms. The third-order valence-electron chi connectivity index (χ3n) is 4.74. The number of hydrogen-bond donors (Lipinski definition) is 0. The van der Waals surface area contributed by atoms with E-state index in [4.69, 9.17) is 11.6 Å². The highest BCUT2D eigenvalue weighted by Gasteiger charge is 2.41. The van der Waals surface area contributed by atoms with Gasteiger partial charge in [0.1, 0.15) is 6.04 Å². The van der Waals surface area contributed by atoms with Crippen LogP contribution in [-0.2, 0) is 9.59 Å². The summed E-state index contributed by atoms with van der Waals surface area (Å²) in [5.74, 6) is -0.538. The standard InChI is InChI=1S/C19H16ClN3O2/c1-11-7-14-16(8-12(11)2)22(10-21-14)17-9-18(24)23(19(17)25)15-6-4-3-5-13(15)20/h3-8,10,17H,9H2,1-2H3/t17-/m0/s1. The summed E-state index contributed by atoms with van der Waals surface area (Å²) in [7, 11) is 0. The van der Waals surface area contributed by atoms with Crippen LogP contribution < -0.4 is 4.90 Å². The maximum absolute atomic E-state index is 13.0. The number of benzene rings is 2. The molecule has 0 spiro atoms. The number of rotatable bonds is 2. The van der Waals surface area contributed by atoms with Crippen molar-refractivity contribution < 1.29 is 9.59 Å². The van der Waals surface area contributed by atoms with Crippen LogP contribution in [0.2, 0.25) is 5.02 Å². The van der Waals surface area contributed by atoms with Gasteiger partial charge in [0.2, 0.25) is 5.91 Å². The highest BCUT2D eigenvalue weighted by atomic mass is 35.5.